The van der Waals surface area contributed by atoms with Crippen LogP contribution in [-0.2, 0) is 19.1 Å². The number of carbonyl (C=O) groups excluding carboxylic acids is 2. The molecule has 2 amide bonds. The fourth-order valence-corrected chi connectivity index (χ4v) is 3.63. The van der Waals surface area contributed by atoms with E-state index in [-0.39, 0.29) is 30.9 Å². The highest BCUT2D eigenvalue weighted by Gasteiger charge is 2.39. The van der Waals surface area contributed by atoms with Crippen LogP contribution in [0, 0.1) is 11.8 Å². The van der Waals surface area contributed by atoms with Crippen molar-refractivity contribution in [1.29, 1.82) is 0 Å². The molecule has 1 aliphatic carbocycles. The van der Waals surface area contributed by atoms with E-state index in [2.05, 4.69) is 11.9 Å². The van der Waals surface area contributed by atoms with E-state index in [1.807, 2.05) is 4.90 Å². The highest BCUT2D eigenvalue weighted by atomic mass is 16.5. The monoisotopic (exact) mass is 352 g/mol. The van der Waals surface area contributed by atoms with E-state index in [0.29, 0.717) is 12.8 Å². The third-order valence-electron chi connectivity index (χ3n) is 4.97. The van der Waals surface area contributed by atoms with Gasteiger partial charge in [-0.05, 0) is 25.7 Å². The second-order valence-electron chi connectivity index (χ2n) is 6.76. The summed E-state index contributed by atoms with van der Waals surface area (Å²) in [5, 5.41) is 11.8. The minimum atomic E-state index is -1.14. The zero-order valence-electron chi connectivity index (χ0n) is 14.6. The molecule has 2 N–H and O–H groups in total. The number of carbonyl (C=O) groups is 3. The lowest BCUT2D eigenvalue weighted by molar-refractivity contribution is -0.147. The van der Waals surface area contributed by atoms with Crippen molar-refractivity contribution in [3.8, 4) is 0 Å². The van der Waals surface area contributed by atoms with Gasteiger partial charge < -0.3 is 20.1 Å². The quantitative estimate of drug-likeness (QED) is 0.505. The van der Waals surface area contributed by atoms with Crippen LogP contribution < -0.4 is 5.32 Å². The fraction of sp³-hybridized carbons (Fsp3) is 0.722. The first-order valence-corrected chi connectivity index (χ1v) is 9.05. The molecule has 1 saturated heterocycles. The molecule has 0 bridgehead atoms. The highest BCUT2D eigenvalue weighted by molar-refractivity contribution is 5.90. The Labute approximate surface area is 148 Å². The summed E-state index contributed by atoms with van der Waals surface area (Å²) in [6.45, 7) is 5.12. The molecule has 1 aliphatic heterocycles. The summed E-state index contributed by atoms with van der Waals surface area (Å²) in [4.78, 5) is 38.6. The minimum absolute atomic E-state index is 0.0483. The van der Waals surface area contributed by atoms with E-state index < -0.39 is 17.9 Å². The Morgan fingerprint density at radius 2 is 1.80 bits per heavy atom. The number of nitrogens with zero attached hydrogens (tertiary/aromatic N) is 1. The van der Waals surface area contributed by atoms with Crippen LogP contribution >= 0.6 is 0 Å². The number of aliphatic carboxylic acids is 1. The molecule has 0 aromatic heterocycles. The van der Waals surface area contributed by atoms with Gasteiger partial charge in [0.2, 0.25) is 11.8 Å². The lowest BCUT2D eigenvalue weighted by atomic mass is 9.77. The van der Waals surface area contributed by atoms with Crippen molar-refractivity contribution >= 4 is 17.8 Å². The molecule has 3 atom stereocenters. The maximum absolute atomic E-state index is 12.7. The average molecular weight is 352 g/mol. The molecule has 3 unspecified atom stereocenters. The van der Waals surface area contributed by atoms with E-state index in [1.54, 1.807) is 0 Å². The van der Waals surface area contributed by atoms with E-state index in [9.17, 15) is 19.5 Å². The number of ether oxygens (including phenoxy) is 1. The topological polar surface area (TPSA) is 95.9 Å². The van der Waals surface area contributed by atoms with Crippen molar-refractivity contribution in [2.45, 2.75) is 44.6 Å². The van der Waals surface area contributed by atoms with Gasteiger partial charge in [-0.15, -0.1) is 6.58 Å². The Morgan fingerprint density at radius 3 is 2.40 bits per heavy atom. The van der Waals surface area contributed by atoms with Gasteiger partial charge in [-0.25, -0.2) is 4.79 Å². The summed E-state index contributed by atoms with van der Waals surface area (Å²) < 4.78 is 5.16. The Balaban J connectivity index is 1.99. The van der Waals surface area contributed by atoms with E-state index >= 15 is 0 Å². The summed E-state index contributed by atoms with van der Waals surface area (Å²) in [5.74, 6) is -2.24. The van der Waals surface area contributed by atoms with Crippen LogP contribution in [0.4, 0.5) is 0 Å². The Hall–Kier alpha value is -1.89. The number of carboxylic acids is 1. The predicted octanol–water partition coefficient (Wildman–Crippen LogP) is 1.19. The molecule has 0 aromatic carbocycles. The summed E-state index contributed by atoms with van der Waals surface area (Å²) in [6.07, 6.45) is 6.67. The van der Waals surface area contributed by atoms with Crippen molar-refractivity contribution in [2.24, 2.45) is 11.8 Å². The van der Waals surface area contributed by atoms with Crippen LogP contribution in [0.5, 0.6) is 0 Å². The predicted molar refractivity (Wildman–Crippen MR) is 91.8 cm³/mol. The van der Waals surface area contributed by atoms with E-state index in [0.717, 1.165) is 38.8 Å². The van der Waals surface area contributed by atoms with E-state index in [4.69, 9.17) is 4.74 Å². The Kier molecular flexibility index (Phi) is 7.43. The van der Waals surface area contributed by atoms with Crippen LogP contribution in [0.2, 0.25) is 0 Å². The number of carboxylic acid groups (broad SMARTS) is 1. The molecule has 25 heavy (non-hydrogen) atoms. The summed E-state index contributed by atoms with van der Waals surface area (Å²) in [7, 11) is 0. The van der Waals surface area contributed by atoms with Gasteiger partial charge in [0.15, 0.2) is 6.04 Å². The minimum Gasteiger partial charge on any atom is -0.480 e. The van der Waals surface area contributed by atoms with Crippen LogP contribution in [-0.4, -0.2) is 60.1 Å². The molecule has 2 rings (SSSR count). The second kappa shape index (κ2) is 9.56. The highest BCUT2D eigenvalue weighted by Crippen LogP contribution is 2.32. The Bertz CT molecular complexity index is 502. The van der Waals surface area contributed by atoms with Crippen molar-refractivity contribution < 1.29 is 24.2 Å². The Morgan fingerprint density at radius 1 is 1.16 bits per heavy atom. The van der Waals surface area contributed by atoms with Crippen LogP contribution in [0.3, 0.4) is 0 Å². The average Bonchev–Trinajstić information content (AvgIpc) is 3.14. The molecular formula is C18H28N2O5. The normalized spacial score (nSPS) is 24.6. The van der Waals surface area contributed by atoms with Gasteiger partial charge in [-0.1, -0.05) is 18.9 Å². The molecule has 7 nitrogen and oxygen atoms in total. The summed E-state index contributed by atoms with van der Waals surface area (Å²) in [5.41, 5.74) is 0. The number of nitrogens with one attached hydrogen (secondary N) is 1. The van der Waals surface area contributed by atoms with Gasteiger partial charge in [0.05, 0.1) is 13.2 Å². The van der Waals surface area contributed by atoms with Crippen LogP contribution in [0.1, 0.15) is 38.5 Å². The SMILES string of the molecule is C=CCOCC(NC(=O)C1CCCCC1C(=O)N1CCCC1)C(=O)O. The number of amides is 2. The standard InChI is InChI=1S/C18H28N2O5/c1-2-11-25-12-15(18(23)24)19-16(21)13-7-3-4-8-14(13)17(22)20-9-5-6-10-20/h2,13-15H,1,3-12H2,(H,19,21)(H,23,24). The molecular weight excluding hydrogens is 324 g/mol. The molecule has 2 aliphatic rings. The van der Waals surface area contributed by atoms with Gasteiger partial charge in [-0.3, -0.25) is 9.59 Å². The van der Waals surface area contributed by atoms with Gasteiger partial charge in [0, 0.05) is 24.9 Å². The van der Waals surface area contributed by atoms with Gasteiger partial charge in [0.25, 0.3) is 0 Å². The molecule has 2 fully saturated rings. The summed E-state index contributed by atoms with van der Waals surface area (Å²) in [6, 6.07) is -1.11. The van der Waals surface area contributed by atoms with Crippen LogP contribution in [0.15, 0.2) is 12.7 Å². The zero-order valence-corrected chi connectivity index (χ0v) is 14.6. The van der Waals surface area contributed by atoms with Crippen molar-refractivity contribution in [3.63, 3.8) is 0 Å². The molecule has 1 saturated carbocycles. The number of likely N-dealkylation sites (tertiary alicyclic amines) is 1. The first-order valence-electron chi connectivity index (χ1n) is 9.05. The third-order valence-corrected chi connectivity index (χ3v) is 4.97. The first kappa shape index (κ1) is 19.4. The van der Waals surface area contributed by atoms with Crippen molar-refractivity contribution in [1.82, 2.24) is 10.2 Å². The van der Waals surface area contributed by atoms with Gasteiger partial charge >= 0.3 is 5.97 Å². The lowest BCUT2D eigenvalue weighted by Gasteiger charge is -2.33. The molecule has 0 spiro atoms. The van der Waals surface area contributed by atoms with Gasteiger partial charge in [-0.2, -0.15) is 0 Å². The van der Waals surface area contributed by atoms with E-state index in [1.165, 1.54) is 6.08 Å². The summed E-state index contributed by atoms with van der Waals surface area (Å²) >= 11 is 0. The van der Waals surface area contributed by atoms with Gasteiger partial charge in [0.1, 0.15) is 0 Å². The molecule has 7 heteroatoms. The zero-order chi connectivity index (χ0) is 18.2. The maximum Gasteiger partial charge on any atom is 0.328 e. The second-order valence-corrected chi connectivity index (χ2v) is 6.76. The van der Waals surface area contributed by atoms with Crippen molar-refractivity contribution in [2.75, 3.05) is 26.3 Å². The smallest absolute Gasteiger partial charge is 0.328 e. The first-order chi connectivity index (χ1) is 12.0. The molecule has 0 aromatic rings. The molecule has 0 radical (unpaired) electrons. The largest absolute Gasteiger partial charge is 0.480 e. The lowest BCUT2D eigenvalue weighted by Crippen LogP contribution is -2.50. The molecule has 1 heterocycles. The number of hydrogen-bond acceptors (Lipinski definition) is 4. The maximum atomic E-state index is 12.7. The third kappa shape index (κ3) is 5.29. The molecule has 140 valence electrons. The van der Waals surface area contributed by atoms with Crippen LogP contribution in [0.25, 0.3) is 0 Å². The number of rotatable bonds is 8. The van der Waals surface area contributed by atoms with Crippen molar-refractivity contribution in [3.05, 3.63) is 12.7 Å². The number of hydrogen-bond donors (Lipinski definition) is 2. The fourth-order valence-electron chi connectivity index (χ4n) is 3.63.